The zero-order valence-corrected chi connectivity index (χ0v) is 17.0. The summed E-state index contributed by atoms with van der Waals surface area (Å²) in [5.41, 5.74) is 2.68. The van der Waals surface area contributed by atoms with Crippen molar-refractivity contribution in [3.8, 4) is 0 Å². The monoisotopic (exact) mass is 512 g/mol. The van der Waals surface area contributed by atoms with Crippen molar-refractivity contribution in [3.05, 3.63) is 98.2 Å². The number of halogens is 2. The molecule has 0 nitrogen and oxygen atoms in total. The third-order valence-corrected chi connectivity index (χ3v) is 8.63. The molecule has 3 aromatic rings. The molecule has 0 atom stereocenters. The van der Waals surface area contributed by atoms with E-state index in [1.807, 2.05) is 0 Å². The summed E-state index contributed by atoms with van der Waals surface area (Å²) in [4.78, 5) is 0. The van der Waals surface area contributed by atoms with E-state index >= 15 is 0 Å². The first-order valence-electron chi connectivity index (χ1n) is 7.22. The average molecular weight is 512 g/mol. The van der Waals surface area contributed by atoms with Crippen molar-refractivity contribution in [3.63, 3.8) is 0 Å². The standard InChI is InChI=1S/C20H18I2/c1-15-3-7-17(8-4-15)21-19-11-13-20(14-12-19)22-18-9-5-16(2)6-10-18/h3-14H,1-2H3/q-2. The van der Waals surface area contributed by atoms with Crippen molar-refractivity contribution in [2.24, 2.45) is 0 Å². The Balaban J connectivity index is 1.67. The molecule has 0 N–H and O–H groups in total. The molecule has 0 heterocycles. The fraction of sp³-hybridized carbons (Fsp3) is 0.100. The Morgan fingerprint density at radius 2 is 0.636 bits per heavy atom. The molecule has 0 fully saturated rings. The fourth-order valence-corrected chi connectivity index (χ4v) is 6.31. The third-order valence-electron chi connectivity index (χ3n) is 3.26. The van der Waals surface area contributed by atoms with E-state index < -0.39 is 0 Å². The van der Waals surface area contributed by atoms with Gasteiger partial charge in [0.2, 0.25) is 0 Å². The number of hydrogen-bond donors (Lipinski definition) is 0. The van der Waals surface area contributed by atoms with Gasteiger partial charge in [0.05, 0.1) is 0 Å². The molecule has 0 unspecified atom stereocenters. The van der Waals surface area contributed by atoms with Gasteiger partial charge in [-0.15, -0.1) is 0 Å². The van der Waals surface area contributed by atoms with Gasteiger partial charge in [-0.3, -0.25) is 0 Å². The molecule has 0 saturated heterocycles. The second kappa shape index (κ2) is 7.59. The SMILES string of the molecule is Cc1ccc([I-]c2ccc([I-]c3ccc(C)cc3)cc2)cc1. The molecule has 3 rings (SSSR count). The summed E-state index contributed by atoms with van der Waals surface area (Å²) in [6.07, 6.45) is 0. The Morgan fingerprint density at radius 1 is 0.409 bits per heavy atom. The minimum atomic E-state index is -0.0496. The molecule has 2 heteroatoms. The fourth-order valence-electron chi connectivity index (χ4n) is 2.00. The number of aryl methyl sites for hydroxylation is 2. The Morgan fingerprint density at radius 3 is 0.909 bits per heavy atom. The van der Waals surface area contributed by atoms with E-state index in [1.54, 1.807) is 0 Å². The molecule has 0 spiro atoms. The molecule has 0 aliphatic rings. The van der Waals surface area contributed by atoms with Crippen LogP contribution in [0.4, 0.5) is 0 Å². The van der Waals surface area contributed by atoms with Crippen LogP contribution in [-0.2, 0) is 0 Å². The van der Waals surface area contributed by atoms with E-state index in [1.165, 1.54) is 25.4 Å². The summed E-state index contributed by atoms with van der Waals surface area (Å²) >= 11 is -0.0991. The van der Waals surface area contributed by atoms with Crippen LogP contribution in [0.2, 0.25) is 0 Å². The van der Waals surface area contributed by atoms with Crippen LogP contribution in [0.15, 0.2) is 72.8 Å². The third kappa shape index (κ3) is 4.56. The van der Waals surface area contributed by atoms with E-state index in [9.17, 15) is 0 Å². The molecular formula is C20H18I2-2. The van der Waals surface area contributed by atoms with Gasteiger partial charge >= 0.3 is 154 Å². The van der Waals surface area contributed by atoms with Crippen molar-refractivity contribution in [2.45, 2.75) is 13.8 Å². The summed E-state index contributed by atoms with van der Waals surface area (Å²) in [6.45, 7) is 4.29. The second-order valence-corrected chi connectivity index (χ2v) is 11.3. The van der Waals surface area contributed by atoms with Crippen LogP contribution in [0.25, 0.3) is 0 Å². The van der Waals surface area contributed by atoms with Gasteiger partial charge in [0, 0.05) is 0 Å². The zero-order chi connectivity index (χ0) is 15.4. The van der Waals surface area contributed by atoms with Gasteiger partial charge in [-0.25, -0.2) is 0 Å². The van der Waals surface area contributed by atoms with Crippen LogP contribution in [0, 0.1) is 28.1 Å². The van der Waals surface area contributed by atoms with E-state index in [-0.39, 0.29) is 42.4 Å². The van der Waals surface area contributed by atoms with E-state index in [2.05, 4.69) is 86.6 Å². The maximum atomic E-state index is 2.33. The minimum absolute atomic E-state index is 0.0496. The van der Waals surface area contributed by atoms with E-state index in [0.29, 0.717) is 0 Å². The first-order valence-corrected chi connectivity index (χ1v) is 11.5. The van der Waals surface area contributed by atoms with Crippen LogP contribution in [-0.4, -0.2) is 0 Å². The van der Waals surface area contributed by atoms with Gasteiger partial charge in [0.15, 0.2) is 0 Å². The Kier molecular flexibility index (Phi) is 5.52. The van der Waals surface area contributed by atoms with Crippen LogP contribution in [0.3, 0.4) is 0 Å². The average Bonchev–Trinajstić information content (AvgIpc) is 2.54. The molecule has 0 aliphatic heterocycles. The summed E-state index contributed by atoms with van der Waals surface area (Å²) < 4.78 is 5.98. The Labute approximate surface area is 153 Å². The molecule has 114 valence electrons. The number of rotatable bonds is 4. The van der Waals surface area contributed by atoms with Crippen LogP contribution in [0.5, 0.6) is 0 Å². The van der Waals surface area contributed by atoms with Gasteiger partial charge in [-0.2, -0.15) is 0 Å². The van der Waals surface area contributed by atoms with Crippen molar-refractivity contribution in [1.82, 2.24) is 0 Å². The van der Waals surface area contributed by atoms with Crippen LogP contribution in [0.1, 0.15) is 11.1 Å². The van der Waals surface area contributed by atoms with Gasteiger partial charge in [-0.05, 0) is 0 Å². The van der Waals surface area contributed by atoms with Crippen molar-refractivity contribution >= 4 is 0 Å². The molecule has 0 bridgehead atoms. The summed E-state index contributed by atoms with van der Waals surface area (Å²) in [5.74, 6) is 0. The van der Waals surface area contributed by atoms with Crippen molar-refractivity contribution in [1.29, 1.82) is 0 Å². The molecule has 3 aromatic carbocycles. The number of hydrogen-bond acceptors (Lipinski definition) is 0. The summed E-state index contributed by atoms with van der Waals surface area (Å²) in [5, 5.41) is 0. The van der Waals surface area contributed by atoms with Gasteiger partial charge in [0.25, 0.3) is 0 Å². The Bertz CT molecular complexity index is 660. The number of benzene rings is 3. The van der Waals surface area contributed by atoms with Crippen LogP contribution >= 0.6 is 0 Å². The van der Waals surface area contributed by atoms with Gasteiger partial charge in [0.1, 0.15) is 0 Å². The molecule has 22 heavy (non-hydrogen) atoms. The first-order chi connectivity index (χ1) is 10.7. The normalized spacial score (nSPS) is 11.0. The van der Waals surface area contributed by atoms with Crippen LogP contribution < -0.4 is 42.4 Å². The second-order valence-electron chi connectivity index (χ2n) is 5.22. The summed E-state index contributed by atoms with van der Waals surface area (Å²) in [6, 6.07) is 27.3. The van der Waals surface area contributed by atoms with Crippen molar-refractivity contribution in [2.75, 3.05) is 0 Å². The van der Waals surface area contributed by atoms with E-state index in [0.717, 1.165) is 0 Å². The molecule has 0 amide bonds. The zero-order valence-electron chi connectivity index (χ0n) is 12.7. The topological polar surface area (TPSA) is 0 Å². The first kappa shape index (κ1) is 16.0. The Hall–Kier alpha value is -0.880. The predicted molar refractivity (Wildman–Crippen MR) is 83.6 cm³/mol. The van der Waals surface area contributed by atoms with Gasteiger partial charge in [-0.1, -0.05) is 0 Å². The molecule has 0 radical (unpaired) electrons. The molecular weight excluding hydrogens is 494 g/mol. The molecule has 0 saturated carbocycles. The maximum absolute atomic E-state index is 2.33. The van der Waals surface area contributed by atoms with E-state index in [4.69, 9.17) is 0 Å². The van der Waals surface area contributed by atoms with Gasteiger partial charge < -0.3 is 0 Å². The molecule has 0 aliphatic carbocycles. The quantitative estimate of drug-likeness (QED) is 0.376. The predicted octanol–water partition coefficient (Wildman–Crippen LogP) is -1.44. The molecule has 0 aromatic heterocycles. The van der Waals surface area contributed by atoms with Crippen molar-refractivity contribution < 1.29 is 42.4 Å². The summed E-state index contributed by atoms with van der Waals surface area (Å²) in [7, 11) is 0.